The van der Waals surface area contributed by atoms with Crippen LogP contribution in [-0.2, 0) is 18.8 Å². The summed E-state index contributed by atoms with van der Waals surface area (Å²) < 4.78 is 26.5. The minimum Gasteiger partial charge on any atom is -0.780 e. The first-order valence-electron chi connectivity index (χ1n) is 12.2. The molecule has 0 spiro atoms. The number of allylic oxidation sites excluding steroid dienone is 2. The van der Waals surface area contributed by atoms with Gasteiger partial charge in [-0.05, 0) is 55.2 Å². The van der Waals surface area contributed by atoms with E-state index in [0.717, 1.165) is 12.0 Å². The molecule has 0 bridgehead atoms. The molecule has 2 unspecified atom stereocenters. The molecule has 5 atom stereocenters. The predicted molar refractivity (Wildman–Crippen MR) is 130 cm³/mol. The van der Waals surface area contributed by atoms with Crippen LogP contribution in [0.5, 0.6) is 5.75 Å². The molecule has 200 valence electrons. The number of para-hydroxylation sites is 1. The van der Waals surface area contributed by atoms with Crippen molar-refractivity contribution in [2.75, 3.05) is 13.2 Å². The zero-order valence-corrected chi connectivity index (χ0v) is 27.8. The van der Waals surface area contributed by atoms with E-state index in [1.165, 1.54) is 24.3 Å². The number of esters is 2. The summed E-state index contributed by atoms with van der Waals surface area (Å²) in [5, 5.41) is 10.6. The van der Waals surface area contributed by atoms with E-state index in [4.69, 9.17) is 9.47 Å². The van der Waals surface area contributed by atoms with Gasteiger partial charge in [-0.3, -0.25) is 0 Å². The summed E-state index contributed by atoms with van der Waals surface area (Å²) in [6.07, 6.45) is 7.42. The summed E-state index contributed by atoms with van der Waals surface area (Å²) in [7, 11) is -5.38. The summed E-state index contributed by atoms with van der Waals surface area (Å²) in [4.78, 5) is 47.3. The van der Waals surface area contributed by atoms with E-state index in [2.05, 4.69) is 18.0 Å². The van der Waals surface area contributed by atoms with E-state index in [9.17, 15) is 29.0 Å². The monoisotopic (exact) mass is 576 g/mol. The summed E-state index contributed by atoms with van der Waals surface area (Å²) >= 11 is 0. The third kappa shape index (κ3) is 7.20. The van der Waals surface area contributed by atoms with E-state index < -0.39 is 31.1 Å². The van der Waals surface area contributed by atoms with Gasteiger partial charge in [-0.2, -0.15) is 0 Å². The van der Waals surface area contributed by atoms with Gasteiger partial charge in [0.05, 0.1) is 12.2 Å². The fourth-order valence-corrected chi connectivity index (χ4v) is 6.81. The van der Waals surface area contributed by atoms with Crippen LogP contribution < -0.4 is 73.4 Å². The van der Waals surface area contributed by atoms with Gasteiger partial charge in [0.2, 0.25) is 0 Å². The van der Waals surface area contributed by atoms with Gasteiger partial charge in [-0.1, -0.05) is 50.3 Å². The number of phosphoric acid groups is 1. The number of hydrogen-bond acceptors (Lipinski definition) is 9. The maximum absolute atomic E-state index is 13.1. The molecule has 1 aromatic carbocycles. The first-order chi connectivity index (χ1) is 17.4. The zero-order valence-electron chi connectivity index (χ0n) is 22.9. The molecule has 2 aliphatic carbocycles. The van der Waals surface area contributed by atoms with Crippen molar-refractivity contribution in [3.05, 3.63) is 65.8 Å². The molecule has 39 heavy (non-hydrogen) atoms. The average Bonchev–Trinajstić information content (AvgIpc) is 3.24. The van der Waals surface area contributed by atoms with Gasteiger partial charge >= 0.3 is 71.1 Å². The molecule has 2 saturated carbocycles. The molecular weight excluding hydrogens is 545 g/mol. The van der Waals surface area contributed by atoms with Crippen molar-refractivity contribution in [1.29, 1.82) is 0 Å². The Morgan fingerprint density at radius 1 is 1.26 bits per heavy atom. The zero-order chi connectivity index (χ0) is 27.0. The first kappa shape index (κ1) is 34.5. The Labute approximate surface area is 272 Å². The van der Waals surface area contributed by atoms with Crippen molar-refractivity contribution in [3.63, 3.8) is 0 Å². The Bertz CT molecular complexity index is 1210. The second-order valence-corrected chi connectivity index (χ2v) is 11.6. The fourth-order valence-electron chi connectivity index (χ4n) is 6.41. The fraction of sp³-hybridized carbons (Fsp3) is 0.481. The van der Waals surface area contributed by atoms with Crippen molar-refractivity contribution in [2.45, 2.75) is 45.6 Å². The van der Waals surface area contributed by atoms with Crippen LogP contribution in [-0.4, -0.2) is 36.4 Å². The number of rotatable bonds is 7. The maximum Gasteiger partial charge on any atom is 1.00 e. The third-order valence-corrected chi connectivity index (χ3v) is 8.73. The number of fused-ring (bicyclic) bond motifs is 1. The molecule has 0 aromatic heterocycles. The Morgan fingerprint density at radius 2 is 1.95 bits per heavy atom. The topological polar surface area (TPSA) is 145 Å². The van der Waals surface area contributed by atoms with Crippen LogP contribution in [0.2, 0.25) is 0 Å². The summed E-state index contributed by atoms with van der Waals surface area (Å²) in [6, 6.07) is 5.48. The molecule has 1 aromatic rings. The molecule has 1 aliphatic heterocycles. The van der Waals surface area contributed by atoms with Crippen LogP contribution in [0.1, 0.15) is 49.9 Å². The predicted octanol–water partition coefficient (Wildman–Crippen LogP) is -3.15. The number of ether oxygens (including phenoxy) is 2. The van der Waals surface area contributed by atoms with Crippen molar-refractivity contribution in [2.24, 2.45) is 22.7 Å². The van der Waals surface area contributed by atoms with E-state index in [0.29, 0.717) is 24.8 Å². The molecule has 0 saturated heterocycles. The van der Waals surface area contributed by atoms with E-state index in [-0.39, 0.29) is 101 Å². The molecule has 0 amide bonds. The van der Waals surface area contributed by atoms with Gasteiger partial charge < -0.3 is 33.5 Å². The molecule has 4 rings (SSSR count). The third-order valence-electron chi connectivity index (χ3n) is 8.31. The quantitative estimate of drug-likeness (QED) is 0.154. The Hall–Kier alpha value is -0.710. The van der Waals surface area contributed by atoms with Gasteiger partial charge in [-0.15, -0.1) is 0 Å². The summed E-state index contributed by atoms with van der Waals surface area (Å²) in [6.45, 7) is 8.36. The second-order valence-electron chi connectivity index (χ2n) is 10.5. The van der Waals surface area contributed by atoms with E-state index >= 15 is 0 Å². The van der Waals surface area contributed by atoms with Gasteiger partial charge in [0.25, 0.3) is 0 Å². The van der Waals surface area contributed by atoms with Crippen molar-refractivity contribution in [1.82, 2.24) is 0 Å². The van der Waals surface area contributed by atoms with Crippen LogP contribution in [0.3, 0.4) is 0 Å². The molecule has 0 radical (unpaired) electrons. The van der Waals surface area contributed by atoms with Crippen LogP contribution in [0, 0.1) is 22.7 Å². The Morgan fingerprint density at radius 3 is 2.56 bits per heavy atom. The van der Waals surface area contributed by atoms with Crippen molar-refractivity contribution >= 4 is 19.8 Å². The minimum absolute atomic E-state index is 0. The van der Waals surface area contributed by atoms with Gasteiger partial charge in [0.1, 0.15) is 31.8 Å². The van der Waals surface area contributed by atoms with Crippen molar-refractivity contribution < 1.29 is 102 Å². The summed E-state index contributed by atoms with van der Waals surface area (Å²) in [5.74, 6) is -1.69. The van der Waals surface area contributed by atoms with Crippen molar-refractivity contribution in [3.8, 4) is 5.75 Å². The average molecular weight is 576 g/mol. The molecule has 1 heterocycles. The largest absolute Gasteiger partial charge is 1.00 e. The van der Waals surface area contributed by atoms with Gasteiger partial charge in [-0.25, -0.2) is 9.59 Å². The Kier molecular flexibility index (Phi) is 11.9. The normalized spacial score (nSPS) is 30.4. The van der Waals surface area contributed by atoms with Gasteiger partial charge in [0.15, 0.2) is 0 Å². The molecule has 2 fully saturated rings. The van der Waals surface area contributed by atoms with Gasteiger partial charge in [0, 0.05) is 11.3 Å². The van der Waals surface area contributed by atoms with E-state index in [1.807, 2.05) is 13.0 Å². The number of benzene rings is 1. The number of carbonyl (C=O) groups is 2. The number of cyclic esters (lactones) is 1. The molecule has 9 nitrogen and oxygen atoms in total. The van der Waals surface area contributed by atoms with E-state index in [1.54, 1.807) is 12.2 Å². The molecule has 12 heteroatoms. The number of aliphatic hydroxyl groups is 1. The number of hydrogen-bond donors (Lipinski definition) is 1. The first-order valence-corrected chi connectivity index (χ1v) is 13.7. The van der Waals surface area contributed by atoms with Crippen LogP contribution in [0.25, 0.3) is 0 Å². The number of carbonyl (C=O) groups excluding carboxylic acids is 2. The Balaban J connectivity index is 0.00000267. The van der Waals surface area contributed by atoms with Crippen LogP contribution in [0.4, 0.5) is 0 Å². The SMILES string of the molecule is C=C1CCC2[C@](C)(CC[C@@H](OC(=O)c3ccccc3OP(=O)([O-])[O-])[C@@]2(C)CO)C1/C=C/C1=CCOC1=O.[Na+].[Na+]. The summed E-state index contributed by atoms with van der Waals surface area (Å²) in [5.41, 5.74) is 0.255. The number of aliphatic hydroxyl groups excluding tert-OH is 1. The van der Waals surface area contributed by atoms with Crippen LogP contribution >= 0.6 is 7.82 Å². The molecular formula is C27H31Na2O9P. The molecule has 3 aliphatic rings. The smallest absolute Gasteiger partial charge is 0.780 e. The maximum atomic E-state index is 13.1. The molecule has 1 N–H and O–H groups in total. The minimum atomic E-state index is -5.38. The van der Waals surface area contributed by atoms with Crippen LogP contribution in [0.15, 0.2) is 60.2 Å². The standard InChI is InChI=1S/C27H33O9P.2Na/c1-17-8-11-22-26(2,20(17)10-9-18-13-15-34-24(18)29)14-12-23(27(22,3)16-28)35-25(30)19-6-4-5-7-21(19)36-37(31,32)33;;/h4-7,9-10,13,20,22-23,28H,1,8,11-12,14-16H2,2-3H3,(H2,31,32,33);;/q;2*+1/p-2/b10-9+;;/t20?,22?,23-,26-,27+;;/m1../s1. The second kappa shape index (κ2) is 13.5. The number of phosphoric ester groups is 1.